The van der Waals surface area contributed by atoms with Gasteiger partial charge in [0.25, 0.3) is 0 Å². The van der Waals surface area contributed by atoms with Crippen molar-refractivity contribution in [2.45, 2.75) is 44.0 Å². The number of ether oxygens (including phenoxy) is 1. The Hall–Kier alpha value is -1.07. The van der Waals surface area contributed by atoms with Crippen LogP contribution in [0.3, 0.4) is 0 Å². The first kappa shape index (κ1) is 17.0. The van der Waals surface area contributed by atoms with Gasteiger partial charge in [-0.15, -0.1) is 0 Å². The molecule has 0 amide bonds. The maximum Gasteiger partial charge on any atom is 0.178 e. The molecule has 20 heavy (non-hydrogen) atoms. The van der Waals surface area contributed by atoms with Crippen molar-refractivity contribution in [1.29, 1.82) is 0 Å². The Kier molecular flexibility index (Phi) is 7.02. The second kappa shape index (κ2) is 8.27. The van der Waals surface area contributed by atoms with Crippen LogP contribution in [-0.4, -0.2) is 33.9 Å². The van der Waals surface area contributed by atoms with Crippen molar-refractivity contribution in [2.75, 3.05) is 19.4 Å². The zero-order valence-electron chi connectivity index (χ0n) is 12.6. The maximum atomic E-state index is 12.3. The lowest BCUT2D eigenvalue weighted by molar-refractivity contribution is 0.413. The molecule has 0 radical (unpaired) electrons. The average Bonchev–Trinajstić information content (AvgIpc) is 2.46. The average molecular weight is 299 g/mol. The minimum Gasteiger partial charge on any atom is -0.497 e. The summed E-state index contributed by atoms with van der Waals surface area (Å²) in [4.78, 5) is 0.341. The minimum absolute atomic E-state index is 0.183. The Labute approximate surface area is 122 Å². The number of sulfone groups is 1. The molecule has 1 N–H and O–H groups in total. The second-order valence-electron chi connectivity index (χ2n) is 4.80. The second-order valence-corrected chi connectivity index (χ2v) is 6.91. The van der Waals surface area contributed by atoms with Crippen LogP contribution in [0.1, 0.15) is 33.1 Å². The van der Waals surface area contributed by atoms with Crippen molar-refractivity contribution in [3.05, 3.63) is 24.3 Å². The number of nitrogens with one attached hydrogen (secondary N) is 1. The smallest absolute Gasteiger partial charge is 0.178 e. The molecule has 1 atom stereocenters. The summed E-state index contributed by atoms with van der Waals surface area (Å²) in [5, 5.41) is 3.36. The van der Waals surface area contributed by atoms with E-state index in [1.165, 1.54) is 7.11 Å². The number of hydrogen-bond acceptors (Lipinski definition) is 4. The lowest BCUT2D eigenvalue weighted by Crippen LogP contribution is -2.28. The zero-order chi connectivity index (χ0) is 15.0. The SMILES string of the molecule is CCNC(CC)CCCS(=O)(=O)c1cccc(OC)c1. The molecule has 0 saturated heterocycles. The molecule has 1 rings (SSSR count). The van der Waals surface area contributed by atoms with Crippen molar-refractivity contribution in [3.63, 3.8) is 0 Å². The molecular formula is C15H25NO3S. The summed E-state index contributed by atoms with van der Waals surface area (Å²) in [6, 6.07) is 7.06. The highest BCUT2D eigenvalue weighted by Gasteiger charge is 2.15. The van der Waals surface area contributed by atoms with E-state index in [4.69, 9.17) is 4.74 Å². The highest BCUT2D eigenvalue weighted by atomic mass is 32.2. The Morgan fingerprint density at radius 2 is 2.05 bits per heavy atom. The molecule has 0 aliphatic carbocycles. The number of hydrogen-bond donors (Lipinski definition) is 1. The van der Waals surface area contributed by atoms with Crippen LogP contribution in [0.4, 0.5) is 0 Å². The van der Waals surface area contributed by atoms with Crippen molar-refractivity contribution in [1.82, 2.24) is 5.32 Å². The van der Waals surface area contributed by atoms with E-state index in [0.29, 0.717) is 23.1 Å². The maximum absolute atomic E-state index is 12.3. The summed E-state index contributed by atoms with van der Waals surface area (Å²) in [7, 11) is -1.68. The van der Waals surface area contributed by atoms with Crippen LogP contribution in [-0.2, 0) is 9.84 Å². The first-order valence-corrected chi connectivity index (χ1v) is 8.79. The molecule has 0 aliphatic rings. The lowest BCUT2D eigenvalue weighted by atomic mass is 10.1. The summed E-state index contributed by atoms with van der Waals surface area (Å²) in [6.07, 6.45) is 2.58. The van der Waals surface area contributed by atoms with E-state index in [0.717, 1.165) is 19.4 Å². The summed E-state index contributed by atoms with van der Waals surface area (Å²) >= 11 is 0. The lowest BCUT2D eigenvalue weighted by Gasteiger charge is -2.15. The third-order valence-corrected chi connectivity index (χ3v) is 5.15. The van der Waals surface area contributed by atoms with Crippen molar-refractivity contribution in [3.8, 4) is 5.75 Å². The highest BCUT2D eigenvalue weighted by molar-refractivity contribution is 7.91. The largest absolute Gasteiger partial charge is 0.497 e. The van der Waals surface area contributed by atoms with Gasteiger partial charge in [0.15, 0.2) is 9.84 Å². The van der Waals surface area contributed by atoms with Crippen LogP contribution >= 0.6 is 0 Å². The van der Waals surface area contributed by atoms with E-state index >= 15 is 0 Å². The van der Waals surface area contributed by atoms with Crippen molar-refractivity contribution >= 4 is 9.84 Å². The van der Waals surface area contributed by atoms with Crippen LogP contribution in [0.15, 0.2) is 29.2 Å². The summed E-state index contributed by atoms with van der Waals surface area (Å²) in [5.74, 6) is 0.757. The Morgan fingerprint density at radius 3 is 2.65 bits per heavy atom. The van der Waals surface area contributed by atoms with Crippen LogP contribution < -0.4 is 10.1 Å². The van der Waals surface area contributed by atoms with Gasteiger partial charge in [-0.05, 0) is 44.0 Å². The minimum atomic E-state index is -3.22. The van der Waals surface area contributed by atoms with Gasteiger partial charge in [-0.1, -0.05) is 19.9 Å². The van der Waals surface area contributed by atoms with Gasteiger partial charge in [-0.2, -0.15) is 0 Å². The van der Waals surface area contributed by atoms with Gasteiger partial charge in [0.05, 0.1) is 17.8 Å². The monoisotopic (exact) mass is 299 g/mol. The fourth-order valence-electron chi connectivity index (χ4n) is 2.17. The first-order valence-electron chi connectivity index (χ1n) is 7.13. The standard InChI is InChI=1S/C15H25NO3S/c1-4-13(16-5-2)8-7-11-20(17,18)15-10-6-9-14(12-15)19-3/h6,9-10,12-13,16H,4-5,7-8,11H2,1-3H3. The predicted molar refractivity (Wildman–Crippen MR) is 82.0 cm³/mol. The highest BCUT2D eigenvalue weighted by Crippen LogP contribution is 2.19. The van der Waals surface area contributed by atoms with Crippen LogP contribution in [0, 0.1) is 0 Å². The van der Waals surface area contributed by atoms with Crippen molar-refractivity contribution < 1.29 is 13.2 Å². The fraction of sp³-hybridized carbons (Fsp3) is 0.600. The molecule has 1 aromatic carbocycles. The fourth-order valence-corrected chi connectivity index (χ4v) is 3.54. The molecule has 1 aromatic rings. The van der Waals surface area contributed by atoms with Gasteiger partial charge >= 0.3 is 0 Å². The Bertz CT molecular complexity index is 500. The summed E-state index contributed by atoms with van der Waals surface area (Å²) in [6.45, 7) is 5.10. The molecule has 0 saturated carbocycles. The molecule has 0 aliphatic heterocycles. The summed E-state index contributed by atoms with van der Waals surface area (Å²) in [5.41, 5.74) is 0. The molecule has 114 valence electrons. The normalized spacial score (nSPS) is 13.2. The third kappa shape index (κ3) is 5.13. The molecule has 0 aromatic heterocycles. The number of rotatable bonds is 9. The predicted octanol–water partition coefficient (Wildman–Crippen LogP) is 2.64. The van der Waals surface area contributed by atoms with Crippen LogP contribution in [0.2, 0.25) is 0 Å². The van der Waals surface area contributed by atoms with Gasteiger partial charge in [0.2, 0.25) is 0 Å². The number of benzene rings is 1. The van der Waals surface area contributed by atoms with Crippen molar-refractivity contribution in [2.24, 2.45) is 0 Å². The van der Waals surface area contributed by atoms with E-state index in [1.54, 1.807) is 24.3 Å². The van der Waals surface area contributed by atoms with Gasteiger partial charge in [0.1, 0.15) is 5.75 Å². The van der Waals surface area contributed by atoms with E-state index in [9.17, 15) is 8.42 Å². The van der Waals surface area contributed by atoms with E-state index in [2.05, 4.69) is 19.2 Å². The molecule has 5 heteroatoms. The van der Waals surface area contributed by atoms with Gasteiger partial charge in [0, 0.05) is 6.04 Å². The van der Waals surface area contributed by atoms with Gasteiger partial charge in [-0.25, -0.2) is 8.42 Å². The molecule has 1 unspecified atom stereocenters. The van der Waals surface area contributed by atoms with Gasteiger partial charge < -0.3 is 10.1 Å². The third-order valence-electron chi connectivity index (χ3n) is 3.35. The topological polar surface area (TPSA) is 55.4 Å². The van der Waals surface area contributed by atoms with E-state index in [1.807, 2.05) is 0 Å². The van der Waals surface area contributed by atoms with E-state index in [-0.39, 0.29) is 5.75 Å². The number of methoxy groups -OCH3 is 1. The molecule has 4 nitrogen and oxygen atoms in total. The molecule has 0 spiro atoms. The zero-order valence-corrected chi connectivity index (χ0v) is 13.4. The van der Waals surface area contributed by atoms with Crippen LogP contribution in [0.5, 0.6) is 5.75 Å². The van der Waals surface area contributed by atoms with Gasteiger partial charge in [-0.3, -0.25) is 0 Å². The molecule has 0 fully saturated rings. The Morgan fingerprint density at radius 1 is 1.30 bits per heavy atom. The molecule has 0 bridgehead atoms. The Balaban J connectivity index is 2.61. The molecule has 0 heterocycles. The first-order chi connectivity index (χ1) is 9.53. The van der Waals surface area contributed by atoms with Crippen LogP contribution in [0.25, 0.3) is 0 Å². The summed E-state index contributed by atoms with van der Waals surface area (Å²) < 4.78 is 29.6. The molecular weight excluding hydrogens is 274 g/mol. The van der Waals surface area contributed by atoms with E-state index < -0.39 is 9.84 Å². The quantitative estimate of drug-likeness (QED) is 0.761.